The van der Waals surface area contributed by atoms with Crippen LogP contribution in [0, 0.1) is 0 Å². The minimum Gasteiger partial charge on any atom is -0.456 e. The number of para-hydroxylation sites is 1. The Labute approximate surface area is 352 Å². The number of furan rings is 1. The fourth-order valence-corrected chi connectivity index (χ4v) is 8.89. The van der Waals surface area contributed by atoms with Gasteiger partial charge in [0.1, 0.15) is 11.2 Å². The molecule has 12 rings (SSSR count). The molecule has 0 saturated heterocycles. The van der Waals surface area contributed by atoms with Crippen LogP contribution in [0.2, 0.25) is 0 Å². The lowest BCUT2D eigenvalue weighted by Crippen LogP contribution is -2.00. The van der Waals surface area contributed by atoms with Crippen LogP contribution in [-0.2, 0) is 0 Å². The summed E-state index contributed by atoms with van der Waals surface area (Å²) in [5.41, 5.74) is 11.3. The summed E-state index contributed by atoms with van der Waals surface area (Å²) in [7, 11) is 0. The summed E-state index contributed by atoms with van der Waals surface area (Å²) < 4.78 is 6.14. The van der Waals surface area contributed by atoms with E-state index in [-0.39, 0.29) is 0 Å². The van der Waals surface area contributed by atoms with Gasteiger partial charge in [0.05, 0.1) is 0 Å². The van der Waals surface area contributed by atoms with Gasteiger partial charge in [-0.3, -0.25) is 0 Å². The lowest BCUT2D eigenvalue weighted by atomic mass is 9.89. The maximum Gasteiger partial charge on any atom is 0.164 e. The fourth-order valence-electron chi connectivity index (χ4n) is 8.89. The topological polar surface area (TPSA) is 51.8 Å². The second-order valence-electron chi connectivity index (χ2n) is 15.6. The normalized spacial score (nSPS) is 11.6. The van der Waals surface area contributed by atoms with Gasteiger partial charge in [-0.05, 0) is 102 Å². The Bertz CT molecular complexity index is 3650. The maximum atomic E-state index is 6.14. The highest BCUT2D eigenvalue weighted by atomic mass is 16.3. The molecule has 10 aromatic carbocycles. The third-order valence-electron chi connectivity index (χ3n) is 11.9. The van der Waals surface area contributed by atoms with Crippen molar-refractivity contribution in [2.75, 3.05) is 0 Å². The third kappa shape index (κ3) is 6.12. The molecule has 4 nitrogen and oxygen atoms in total. The molecule has 0 bridgehead atoms. The molecule has 0 saturated carbocycles. The van der Waals surface area contributed by atoms with E-state index in [1.807, 2.05) is 18.2 Å². The first-order valence-electron chi connectivity index (χ1n) is 20.6. The van der Waals surface area contributed by atoms with Crippen LogP contribution in [0.25, 0.3) is 122 Å². The minimum absolute atomic E-state index is 0.609. The first-order chi connectivity index (χ1) is 30.2. The first kappa shape index (κ1) is 34.8. The van der Waals surface area contributed by atoms with Gasteiger partial charge in [0, 0.05) is 27.5 Å². The lowest BCUT2D eigenvalue weighted by molar-refractivity contribution is 0.669. The Kier molecular flexibility index (Phi) is 8.13. The summed E-state index contributed by atoms with van der Waals surface area (Å²) >= 11 is 0. The van der Waals surface area contributed by atoms with Gasteiger partial charge in [-0.2, -0.15) is 0 Å². The average molecular weight is 778 g/mol. The van der Waals surface area contributed by atoms with E-state index in [1.54, 1.807) is 0 Å². The molecule has 0 aliphatic carbocycles. The van der Waals surface area contributed by atoms with Crippen molar-refractivity contribution in [2.24, 2.45) is 0 Å². The van der Waals surface area contributed by atoms with Gasteiger partial charge in [-0.25, -0.2) is 15.0 Å². The standard InChI is InChI=1S/C57H35N3O/c1-2-12-36(13-3-1)40-16-10-18-44(32-40)56-58-55(59-57(60-56)45-19-11-17-41(33-45)42-29-31-53-51(34-42)48-22-8-9-23-52(48)61-53)39-26-24-38(25-27-39)54-47-21-7-5-15-43(47)35-50-46-20-6-4-14-37(46)28-30-49(50)54/h1-35H. The monoisotopic (exact) mass is 777 g/mol. The Morgan fingerprint density at radius 1 is 0.246 bits per heavy atom. The molecule has 12 aromatic rings. The van der Waals surface area contributed by atoms with E-state index in [4.69, 9.17) is 19.4 Å². The van der Waals surface area contributed by atoms with E-state index >= 15 is 0 Å². The summed E-state index contributed by atoms with van der Waals surface area (Å²) in [6.07, 6.45) is 0. The molecular weight excluding hydrogens is 743 g/mol. The van der Waals surface area contributed by atoms with Crippen molar-refractivity contribution in [2.45, 2.75) is 0 Å². The van der Waals surface area contributed by atoms with Crippen LogP contribution in [0.1, 0.15) is 0 Å². The maximum absolute atomic E-state index is 6.14. The second-order valence-corrected chi connectivity index (χ2v) is 15.6. The fraction of sp³-hybridized carbons (Fsp3) is 0. The molecule has 0 atom stereocenters. The van der Waals surface area contributed by atoms with Crippen LogP contribution in [0.3, 0.4) is 0 Å². The molecular formula is C57H35N3O. The Hall–Kier alpha value is -8.21. The van der Waals surface area contributed by atoms with Crippen molar-refractivity contribution in [1.29, 1.82) is 0 Å². The Morgan fingerprint density at radius 3 is 1.52 bits per heavy atom. The highest BCUT2D eigenvalue weighted by Crippen LogP contribution is 2.40. The van der Waals surface area contributed by atoms with E-state index in [1.165, 1.54) is 37.9 Å². The quantitative estimate of drug-likeness (QED) is 0.125. The third-order valence-corrected chi connectivity index (χ3v) is 11.9. The molecule has 0 unspecified atom stereocenters. The summed E-state index contributed by atoms with van der Waals surface area (Å²) in [6.45, 7) is 0. The van der Waals surface area contributed by atoms with E-state index in [0.717, 1.165) is 66.4 Å². The lowest BCUT2D eigenvalue weighted by Gasteiger charge is -2.15. The smallest absolute Gasteiger partial charge is 0.164 e. The molecule has 2 aromatic heterocycles. The summed E-state index contributed by atoms with van der Waals surface area (Å²) in [6, 6.07) is 74.8. The summed E-state index contributed by atoms with van der Waals surface area (Å²) in [5, 5.41) is 9.61. The van der Waals surface area contributed by atoms with Crippen LogP contribution in [0.15, 0.2) is 217 Å². The molecule has 0 aliphatic rings. The molecule has 4 heteroatoms. The van der Waals surface area contributed by atoms with E-state index in [2.05, 4.69) is 194 Å². The van der Waals surface area contributed by atoms with Crippen molar-refractivity contribution < 1.29 is 4.42 Å². The number of fused-ring (bicyclic) bond motifs is 7. The average Bonchev–Trinajstić information content (AvgIpc) is 3.71. The second kappa shape index (κ2) is 14.3. The van der Waals surface area contributed by atoms with E-state index < -0.39 is 0 Å². The van der Waals surface area contributed by atoms with E-state index in [0.29, 0.717) is 17.5 Å². The van der Waals surface area contributed by atoms with Crippen LogP contribution >= 0.6 is 0 Å². The number of aromatic nitrogens is 3. The molecule has 0 N–H and O–H groups in total. The summed E-state index contributed by atoms with van der Waals surface area (Å²) in [5.74, 6) is 1.84. The van der Waals surface area contributed by atoms with Gasteiger partial charge < -0.3 is 4.42 Å². The highest BCUT2D eigenvalue weighted by molar-refractivity contribution is 6.20. The van der Waals surface area contributed by atoms with Crippen LogP contribution in [0.4, 0.5) is 0 Å². The van der Waals surface area contributed by atoms with Crippen LogP contribution in [-0.4, -0.2) is 15.0 Å². The van der Waals surface area contributed by atoms with Gasteiger partial charge in [0.25, 0.3) is 0 Å². The largest absolute Gasteiger partial charge is 0.456 e. The van der Waals surface area contributed by atoms with Crippen molar-refractivity contribution in [1.82, 2.24) is 15.0 Å². The zero-order valence-corrected chi connectivity index (χ0v) is 33.0. The van der Waals surface area contributed by atoms with Crippen molar-refractivity contribution in [3.63, 3.8) is 0 Å². The number of rotatable bonds is 6. The highest BCUT2D eigenvalue weighted by Gasteiger charge is 2.17. The first-order valence-corrected chi connectivity index (χ1v) is 20.6. The number of benzene rings is 10. The van der Waals surface area contributed by atoms with Gasteiger partial charge in [0.15, 0.2) is 17.5 Å². The van der Waals surface area contributed by atoms with E-state index in [9.17, 15) is 0 Å². The molecule has 0 aliphatic heterocycles. The zero-order valence-electron chi connectivity index (χ0n) is 33.0. The van der Waals surface area contributed by atoms with Crippen molar-refractivity contribution in [3.8, 4) is 67.5 Å². The predicted molar refractivity (Wildman–Crippen MR) is 252 cm³/mol. The number of hydrogen-bond acceptors (Lipinski definition) is 4. The van der Waals surface area contributed by atoms with Crippen molar-refractivity contribution in [3.05, 3.63) is 212 Å². The van der Waals surface area contributed by atoms with Gasteiger partial charge in [-0.15, -0.1) is 0 Å². The molecule has 0 radical (unpaired) electrons. The van der Waals surface area contributed by atoms with Crippen molar-refractivity contribution >= 4 is 54.3 Å². The number of hydrogen-bond donors (Lipinski definition) is 0. The molecule has 0 amide bonds. The zero-order chi connectivity index (χ0) is 40.3. The molecule has 0 fully saturated rings. The SMILES string of the molecule is c1ccc(-c2cccc(-c3nc(-c4ccc(-c5c6ccccc6cc6c5ccc5ccccc56)cc4)nc(-c4cccc(-c5ccc6oc7ccccc7c6c5)c4)n3)c2)cc1. The Balaban J connectivity index is 0.996. The van der Waals surface area contributed by atoms with Gasteiger partial charge in [0.2, 0.25) is 0 Å². The Morgan fingerprint density at radius 2 is 0.770 bits per heavy atom. The van der Waals surface area contributed by atoms with Crippen LogP contribution < -0.4 is 0 Å². The minimum atomic E-state index is 0.609. The van der Waals surface area contributed by atoms with Gasteiger partial charge >= 0.3 is 0 Å². The summed E-state index contributed by atoms with van der Waals surface area (Å²) in [4.78, 5) is 15.5. The molecule has 2 heterocycles. The van der Waals surface area contributed by atoms with Gasteiger partial charge in [-0.1, -0.05) is 176 Å². The molecule has 0 spiro atoms. The predicted octanol–water partition coefficient (Wildman–Crippen LogP) is 15.2. The number of nitrogens with zero attached hydrogens (tertiary/aromatic N) is 3. The molecule has 284 valence electrons. The van der Waals surface area contributed by atoms with Crippen LogP contribution in [0.5, 0.6) is 0 Å². The molecule has 61 heavy (non-hydrogen) atoms.